The average Bonchev–Trinajstić information content (AvgIpc) is 2.73. The van der Waals surface area contributed by atoms with E-state index in [9.17, 15) is 15.0 Å². The number of halogens is 1. The van der Waals surface area contributed by atoms with Crippen LogP contribution in [-0.4, -0.2) is 33.0 Å². The quantitative estimate of drug-likeness (QED) is 0.499. The zero-order valence-electron chi connectivity index (χ0n) is 14.0. The number of Topliss-reactive ketones (excluding diaryl/α,β-unsaturated/α-hetero) is 1. The fraction of sp³-hybridized carbons (Fsp3) is 0.842. The molecule has 0 saturated heterocycles. The lowest BCUT2D eigenvalue weighted by Crippen LogP contribution is -2.54. The molecule has 2 N–H and O–H groups in total. The van der Waals surface area contributed by atoms with Crippen molar-refractivity contribution in [2.24, 2.45) is 28.6 Å². The molecule has 0 aromatic carbocycles. The van der Waals surface area contributed by atoms with Gasteiger partial charge in [0.25, 0.3) is 0 Å². The Morgan fingerprint density at radius 3 is 2.57 bits per heavy atom. The van der Waals surface area contributed by atoms with Crippen LogP contribution in [0.5, 0.6) is 0 Å². The first kappa shape index (κ1) is 16.3. The van der Waals surface area contributed by atoms with Gasteiger partial charge in [-0.2, -0.15) is 0 Å². The number of aliphatic hydroxyl groups is 2. The van der Waals surface area contributed by atoms with E-state index in [0.29, 0.717) is 18.1 Å². The van der Waals surface area contributed by atoms with Crippen LogP contribution in [0.4, 0.5) is 0 Å². The Morgan fingerprint density at radius 2 is 1.83 bits per heavy atom. The zero-order chi connectivity index (χ0) is 16.6. The van der Waals surface area contributed by atoms with Crippen molar-refractivity contribution in [3.8, 4) is 0 Å². The summed E-state index contributed by atoms with van der Waals surface area (Å²) in [6.45, 7) is 4.45. The van der Waals surface area contributed by atoms with Crippen LogP contribution < -0.4 is 0 Å². The first-order valence-electron chi connectivity index (χ1n) is 9.03. The summed E-state index contributed by atoms with van der Waals surface area (Å²) in [7, 11) is 0. The van der Waals surface area contributed by atoms with E-state index in [-0.39, 0.29) is 33.6 Å². The number of aliphatic hydroxyl groups excluding tert-OH is 2. The van der Waals surface area contributed by atoms with Crippen LogP contribution in [0.1, 0.15) is 52.4 Å². The largest absolute Gasteiger partial charge is 0.393 e. The second-order valence-corrected chi connectivity index (χ2v) is 9.92. The zero-order valence-corrected chi connectivity index (χ0v) is 15.6. The predicted molar refractivity (Wildman–Crippen MR) is 92.2 cm³/mol. The van der Waals surface area contributed by atoms with Crippen molar-refractivity contribution in [3.05, 3.63) is 11.6 Å². The summed E-state index contributed by atoms with van der Waals surface area (Å²) < 4.78 is 0. The van der Waals surface area contributed by atoms with E-state index in [4.69, 9.17) is 0 Å². The highest BCUT2D eigenvalue weighted by Crippen LogP contribution is 2.64. The highest BCUT2D eigenvalue weighted by Gasteiger charge is 2.62. The van der Waals surface area contributed by atoms with Crippen molar-refractivity contribution >= 4 is 21.7 Å². The molecule has 4 rings (SSSR count). The summed E-state index contributed by atoms with van der Waals surface area (Å²) in [4.78, 5) is 12.6. The summed E-state index contributed by atoms with van der Waals surface area (Å²) in [6, 6.07) is 0. The van der Waals surface area contributed by atoms with E-state index in [1.54, 1.807) is 0 Å². The maximum absolute atomic E-state index is 12.7. The number of alkyl halides is 1. The molecular weight excluding hydrogens is 356 g/mol. The van der Waals surface area contributed by atoms with Gasteiger partial charge < -0.3 is 10.2 Å². The van der Waals surface area contributed by atoms with Gasteiger partial charge in [0.15, 0.2) is 5.78 Å². The van der Waals surface area contributed by atoms with Crippen LogP contribution in [0.2, 0.25) is 0 Å². The Labute approximate surface area is 146 Å². The molecule has 23 heavy (non-hydrogen) atoms. The van der Waals surface area contributed by atoms with Crippen LogP contribution in [-0.2, 0) is 4.79 Å². The van der Waals surface area contributed by atoms with E-state index in [0.717, 1.165) is 32.1 Å². The molecular formula is C19H27BrO3. The second kappa shape index (κ2) is 5.15. The average molecular weight is 383 g/mol. The van der Waals surface area contributed by atoms with Crippen LogP contribution >= 0.6 is 15.9 Å². The van der Waals surface area contributed by atoms with Crippen LogP contribution in [0, 0.1) is 28.6 Å². The number of carbonyl (C=O) groups excluding carboxylic acids is 1. The third kappa shape index (κ3) is 2.10. The number of hydrogen-bond acceptors (Lipinski definition) is 3. The fourth-order valence-electron chi connectivity index (χ4n) is 6.38. The molecule has 0 radical (unpaired) electrons. The molecule has 0 spiro atoms. The van der Waals surface area contributed by atoms with E-state index in [2.05, 4.69) is 29.8 Å². The molecule has 3 nitrogen and oxygen atoms in total. The molecule has 128 valence electrons. The third-order valence-electron chi connectivity index (χ3n) is 7.80. The second-order valence-electron chi connectivity index (χ2n) is 8.81. The molecule has 4 aliphatic rings. The van der Waals surface area contributed by atoms with Gasteiger partial charge >= 0.3 is 0 Å². The Morgan fingerprint density at radius 1 is 1.13 bits per heavy atom. The Balaban J connectivity index is 1.75. The summed E-state index contributed by atoms with van der Waals surface area (Å²) in [5, 5.41) is 20.9. The lowest BCUT2D eigenvalue weighted by Gasteiger charge is -2.57. The minimum atomic E-state index is -0.469. The molecule has 4 aliphatic carbocycles. The standard InChI is InChI=1S/C19H27BrO3/c1-18-5-3-11(21)7-10(18)8-15(22)16-12(18)4-6-19(2)13(16)9-14(20)17(19)23/h8,11-16,21-22H,3-7,9H2,1-2H3/t11-,12+,13+,14-,15-,16-,18+,19+/m1/s1. The van der Waals surface area contributed by atoms with Gasteiger partial charge in [0, 0.05) is 5.41 Å². The topological polar surface area (TPSA) is 57.5 Å². The van der Waals surface area contributed by atoms with Crippen LogP contribution in [0.25, 0.3) is 0 Å². The van der Waals surface area contributed by atoms with Crippen LogP contribution in [0.3, 0.4) is 0 Å². The minimum Gasteiger partial charge on any atom is -0.393 e. The van der Waals surface area contributed by atoms with E-state index in [1.807, 2.05) is 6.08 Å². The molecule has 0 aromatic heterocycles. The molecule has 0 unspecified atom stereocenters. The van der Waals surface area contributed by atoms with Crippen molar-refractivity contribution in [2.75, 3.05) is 0 Å². The molecule has 0 heterocycles. The number of ketones is 1. The first-order valence-corrected chi connectivity index (χ1v) is 9.94. The summed E-state index contributed by atoms with van der Waals surface area (Å²) in [6.07, 6.45) is 6.69. The van der Waals surface area contributed by atoms with Crippen molar-refractivity contribution < 1.29 is 15.0 Å². The number of carbonyl (C=O) groups is 1. The highest BCUT2D eigenvalue weighted by molar-refractivity contribution is 9.10. The lowest BCUT2D eigenvalue weighted by atomic mass is 9.47. The van der Waals surface area contributed by atoms with Gasteiger partial charge in [-0.3, -0.25) is 4.79 Å². The van der Waals surface area contributed by atoms with Gasteiger partial charge in [-0.1, -0.05) is 41.4 Å². The summed E-state index contributed by atoms with van der Waals surface area (Å²) in [5.74, 6) is 1.24. The van der Waals surface area contributed by atoms with Crippen molar-refractivity contribution in [1.82, 2.24) is 0 Å². The molecule has 3 fully saturated rings. The molecule has 4 heteroatoms. The molecule has 0 aromatic rings. The molecule has 0 amide bonds. The van der Waals surface area contributed by atoms with E-state index >= 15 is 0 Å². The van der Waals surface area contributed by atoms with Crippen molar-refractivity contribution in [1.29, 1.82) is 0 Å². The maximum Gasteiger partial charge on any atom is 0.152 e. The van der Waals surface area contributed by atoms with Crippen molar-refractivity contribution in [2.45, 2.75) is 69.4 Å². The van der Waals surface area contributed by atoms with Crippen molar-refractivity contribution in [3.63, 3.8) is 0 Å². The normalized spacial score (nSPS) is 55.7. The smallest absolute Gasteiger partial charge is 0.152 e. The monoisotopic (exact) mass is 382 g/mol. The van der Waals surface area contributed by atoms with Gasteiger partial charge in [0.2, 0.25) is 0 Å². The molecule has 8 atom stereocenters. The lowest BCUT2D eigenvalue weighted by molar-refractivity contribution is -0.135. The molecule has 3 saturated carbocycles. The van der Waals surface area contributed by atoms with Gasteiger partial charge in [-0.05, 0) is 61.7 Å². The SMILES string of the molecule is C[C@]12CC[C@@H](O)CC1=C[C@@H](O)[C@@H]1[C@@H]2CC[C@]2(C)C(=O)[C@H](Br)C[C@@H]12. The maximum atomic E-state index is 12.7. The molecule has 0 bridgehead atoms. The van der Waals surface area contributed by atoms with E-state index < -0.39 is 6.10 Å². The number of fused-ring (bicyclic) bond motifs is 5. The van der Waals surface area contributed by atoms with E-state index in [1.165, 1.54) is 5.57 Å². The minimum absolute atomic E-state index is 0.0465. The molecule has 0 aliphatic heterocycles. The van der Waals surface area contributed by atoms with Gasteiger partial charge in [0.05, 0.1) is 17.0 Å². The number of rotatable bonds is 0. The summed E-state index contributed by atoms with van der Waals surface area (Å²) >= 11 is 3.58. The first-order chi connectivity index (χ1) is 10.8. The number of hydrogen-bond donors (Lipinski definition) is 2. The van der Waals surface area contributed by atoms with Gasteiger partial charge in [0.1, 0.15) is 0 Å². The Bertz CT molecular complexity index is 573. The predicted octanol–water partition coefficient (Wildman–Crippen LogP) is 3.22. The van der Waals surface area contributed by atoms with Crippen LogP contribution in [0.15, 0.2) is 11.6 Å². The summed E-state index contributed by atoms with van der Waals surface area (Å²) in [5.41, 5.74) is 1.08. The fourth-order valence-corrected chi connectivity index (χ4v) is 7.31. The third-order valence-corrected chi connectivity index (χ3v) is 8.59. The van der Waals surface area contributed by atoms with Gasteiger partial charge in [-0.25, -0.2) is 0 Å². The Hall–Kier alpha value is -0.190. The Kier molecular flexibility index (Phi) is 3.65. The van der Waals surface area contributed by atoms with Gasteiger partial charge in [-0.15, -0.1) is 0 Å². The highest BCUT2D eigenvalue weighted by atomic mass is 79.9.